The Morgan fingerprint density at radius 2 is 1.91 bits per heavy atom. The Labute approximate surface area is 129 Å². The first kappa shape index (κ1) is 15.2. The van der Waals surface area contributed by atoms with Gasteiger partial charge in [0.1, 0.15) is 6.26 Å². The van der Waals surface area contributed by atoms with Gasteiger partial charge in [-0.15, -0.1) is 0 Å². The summed E-state index contributed by atoms with van der Waals surface area (Å²) in [6, 6.07) is 5.97. The van der Waals surface area contributed by atoms with Crippen LogP contribution in [0.15, 0.2) is 41.1 Å². The maximum Gasteiger partial charge on any atom is 0.416 e. The van der Waals surface area contributed by atoms with Crippen LogP contribution in [-0.4, -0.2) is 30.3 Å². The van der Waals surface area contributed by atoms with Crippen LogP contribution in [0.4, 0.5) is 29.5 Å². The minimum atomic E-state index is -4.34. The summed E-state index contributed by atoms with van der Waals surface area (Å²) in [4.78, 5) is 13.5. The number of carbonyl (C=O) groups is 1. The number of anilines is 2. The number of hydrogen-bond donors (Lipinski definition) is 2. The van der Waals surface area contributed by atoms with Gasteiger partial charge in [0.2, 0.25) is 0 Å². The molecule has 6 nitrogen and oxygen atoms in total. The highest BCUT2D eigenvalue weighted by Gasteiger charge is 2.32. The molecular weight excluding hydrogens is 313 g/mol. The molecule has 1 aliphatic rings. The molecule has 122 valence electrons. The van der Waals surface area contributed by atoms with E-state index in [9.17, 15) is 18.0 Å². The topological polar surface area (TPSA) is 70.4 Å². The predicted molar refractivity (Wildman–Crippen MR) is 76.1 cm³/mol. The summed E-state index contributed by atoms with van der Waals surface area (Å²) >= 11 is 0. The second-order valence-electron chi connectivity index (χ2n) is 5.13. The van der Waals surface area contributed by atoms with Gasteiger partial charge in [0.25, 0.3) is 0 Å². The Bertz CT molecular complexity index is 664. The molecule has 0 atom stereocenters. The Balaban J connectivity index is 1.48. The Kier molecular flexibility index (Phi) is 3.85. The fourth-order valence-electron chi connectivity index (χ4n) is 2.26. The number of carbonyl (C=O) groups excluding carboxylic acids is 1. The number of alkyl halides is 3. The smallest absolute Gasteiger partial charge is 0.367 e. The summed E-state index contributed by atoms with van der Waals surface area (Å²) in [5.74, 6) is 0.307. The highest BCUT2D eigenvalue weighted by Crippen LogP contribution is 2.31. The summed E-state index contributed by atoms with van der Waals surface area (Å²) in [5.41, 5.74) is 0.0106. The van der Waals surface area contributed by atoms with Gasteiger partial charge in [-0.2, -0.15) is 13.2 Å². The predicted octanol–water partition coefficient (Wildman–Crippen LogP) is 2.70. The molecule has 2 heterocycles. The Morgan fingerprint density at radius 3 is 2.48 bits per heavy atom. The molecule has 1 fully saturated rings. The normalized spacial score (nSPS) is 15.2. The number of rotatable bonds is 3. The third-order valence-corrected chi connectivity index (χ3v) is 3.46. The molecule has 1 aliphatic heterocycles. The fourth-order valence-corrected chi connectivity index (χ4v) is 2.26. The maximum atomic E-state index is 12.5. The molecule has 3 rings (SSSR count). The largest absolute Gasteiger partial charge is 0.416 e. The Hall–Kier alpha value is -2.71. The second kappa shape index (κ2) is 5.82. The molecule has 0 aliphatic carbocycles. The van der Waals surface area contributed by atoms with Gasteiger partial charge in [0, 0.05) is 24.8 Å². The summed E-state index contributed by atoms with van der Waals surface area (Å²) in [6.45, 7) is 1.05. The molecule has 0 radical (unpaired) electrons. The number of nitrogens with one attached hydrogen (secondary N) is 2. The highest BCUT2D eigenvalue weighted by atomic mass is 19.4. The third kappa shape index (κ3) is 3.55. The first-order chi connectivity index (χ1) is 10.9. The molecule has 1 aromatic heterocycles. The summed E-state index contributed by atoms with van der Waals surface area (Å²) in [6.07, 6.45) is -3.00. The molecule has 1 aromatic carbocycles. The van der Waals surface area contributed by atoms with E-state index in [1.165, 1.54) is 24.5 Å². The lowest BCUT2D eigenvalue weighted by molar-refractivity contribution is -0.137. The van der Waals surface area contributed by atoms with E-state index in [1.807, 2.05) is 4.90 Å². The van der Waals surface area contributed by atoms with Gasteiger partial charge in [-0.05, 0) is 24.3 Å². The van der Waals surface area contributed by atoms with Crippen molar-refractivity contribution in [1.82, 2.24) is 10.5 Å². The summed E-state index contributed by atoms with van der Waals surface area (Å²) in [7, 11) is 0. The zero-order valence-corrected chi connectivity index (χ0v) is 11.8. The number of urea groups is 1. The standard InChI is InChI=1S/C14H13F3N4O2/c15-14(16,17)9-1-3-11(4-2-9)21-7-10(8-21)18-13(22)19-12-5-6-23-20-12/h1-6,10H,7-8H2,(H2,18,19,20,22). The lowest BCUT2D eigenvalue weighted by Crippen LogP contribution is -2.60. The van der Waals surface area contributed by atoms with Crippen molar-refractivity contribution in [2.45, 2.75) is 12.2 Å². The molecule has 0 saturated carbocycles. The van der Waals surface area contributed by atoms with Crippen LogP contribution < -0.4 is 15.5 Å². The molecule has 0 spiro atoms. The van der Waals surface area contributed by atoms with E-state index in [1.54, 1.807) is 0 Å². The van der Waals surface area contributed by atoms with Crippen molar-refractivity contribution in [2.75, 3.05) is 23.3 Å². The van der Waals surface area contributed by atoms with Gasteiger partial charge < -0.3 is 14.7 Å². The lowest BCUT2D eigenvalue weighted by Gasteiger charge is -2.41. The monoisotopic (exact) mass is 326 g/mol. The lowest BCUT2D eigenvalue weighted by atomic mass is 10.1. The van der Waals surface area contributed by atoms with E-state index >= 15 is 0 Å². The zero-order chi connectivity index (χ0) is 16.4. The van der Waals surface area contributed by atoms with Crippen molar-refractivity contribution >= 4 is 17.5 Å². The van der Waals surface area contributed by atoms with Crippen molar-refractivity contribution in [3.63, 3.8) is 0 Å². The van der Waals surface area contributed by atoms with Gasteiger partial charge in [-0.25, -0.2) is 4.79 Å². The van der Waals surface area contributed by atoms with Crippen LogP contribution in [0.1, 0.15) is 5.56 Å². The van der Waals surface area contributed by atoms with Crippen LogP contribution in [0.25, 0.3) is 0 Å². The van der Waals surface area contributed by atoms with Gasteiger partial charge in [0.05, 0.1) is 11.6 Å². The van der Waals surface area contributed by atoms with E-state index in [0.717, 1.165) is 12.1 Å². The molecule has 9 heteroatoms. The van der Waals surface area contributed by atoms with Gasteiger partial charge in [-0.3, -0.25) is 5.32 Å². The van der Waals surface area contributed by atoms with E-state index in [-0.39, 0.29) is 6.04 Å². The van der Waals surface area contributed by atoms with Crippen LogP contribution >= 0.6 is 0 Å². The molecule has 2 aromatic rings. The zero-order valence-electron chi connectivity index (χ0n) is 11.8. The van der Waals surface area contributed by atoms with Crippen molar-refractivity contribution in [2.24, 2.45) is 0 Å². The van der Waals surface area contributed by atoms with Crippen LogP contribution in [0.3, 0.4) is 0 Å². The van der Waals surface area contributed by atoms with Crippen LogP contribution in [0, 0.1) is 0 Å². The van der Waals surface area contributed by atoms with Crippen molar-refractivity contribution in [1.29, 1.82) is 0 Å². The molecule has 0 unspecified atom stereocenters. The van der Waals surface area contributed by atoms with Crippen LogP contribution in [-0.2, 0) is 6.18 Å². The average molecular weight is 326 g/mol. The second-order valence-corrected chi connectivity index (χ2v) is 5.13. The van der Waals surface area contributed by atoms with Gasteiger partial charge in [-0.1, -0.05) is 5.16 Å². The van der Waals surface area contributed by atoms with E-state index in [4.69, 9.17) is 0 Å². The molecular formula is C14H13F3N4O2. The molecule has 2 N–H and O–H groups in total. The first-order valence-electron chi connectivity index (χ1n) is 6.82. The minimum absolute atomic E-state index is 0.0795. The Morgan fingerprint density at radius 1 is 1.22 bits per heavy atom. The fraction of sp³-hybridized carbons (Fsp3) is 0.286. The number of nitrogens with zero attached hydrogens (tertiary/aromatic N) is 2. The molecule has 23 heavy (non-hydrogen) atoms. The van der Waals surface area contributed by atoms with Gasteiger partial charge >= 0.3 is 12.2 Å². The van der Waals surface area contributed by atoms with Crippen LogP contribution in [0.5, 0.6) is 0 Å². The van der Waals surface area contributed by atoms with E-state index < -0.39 is 17.8 Å². The quantitative estimate of drug-likeness (QED) is 0.910. The van der Waals surface area contributed by atoms with Crippen molar-refractivity contribution in [3.8, 4) is 0 Å². The van der Waals surface area contributed by atoms with Crippen molar-refractivity contribution < 1.29 is 22.5 Å². The molecule has 1 saturated heterocycles. The maximum absolute atomic E-state index is 12.5. The summed E-state index contributed by atoms with van der Waals surface area (Å²) in [5, 5.41) is 8.79. The van der Waals surface area contributed by atoms with E-state index in [0.29, 0.717) is 24.6 Å². The minimum Gasteiger partial charge on any atom is -0.367 e. The van der Waals surface area contributed by atoms with Crippen LogP contribution in [0.2, 0.25) is 0 Å². The summed E-state index contributed by atoms with van der Waals surface area (Å²) < 4.78 is 42.1. The number of amides is 2. The number of hydrogen-bond acceptors (Lipinski definition) is 4. The highest BCUT2D eigenvalue weighted by molar-refractivity contribution is 5.88. The number of aromatic nitrogens is 1. The third-order valence-electron chi connectivity index (χ3n) is 3.46. The van der Waals surface area contributed by atoms with E-state index in [2.05, 4.69) is 20.3 Å². The first-order valence-corrected chi connectivity index (χ1v) is 6.82. The average Bonchev–Trinajstić information content (AvgIpc) is 2.94. The van der Waals surface area contributed by atoms with Gasteiger partial charge in [0.15, 0.2) is 5.82 Å². The number of benzene rings is 1. The molecule has 0 bridgehead atoms. The molecule has 2 amide bonds. The number of halogens is 3. The SMILES string of the molecule is O=C(Nc1ccon1)NC1CN(c2ccc(C(F)(F)F)cc2)C1. The van der Waals surface area contributed by atoms with Crippen molar-refractivity contribution in [3.05, 3.63) is 42.2 Å².